The smallest absolute Gasteiger partial charge is 0.254 e. The van der Waals surface area contributed by atoms with Crippen molar-refractivity contribution in [2.45, 2.75) is 19.9 Å². The van der Waals surface area contributed by atoms with Crippen LogP contribution in [0, 0.1) is 6.92 Å². The van der Waals surface area contributed by atoms with Crippen molar-refractivity contribution in [3.05, 3.63) is 46.8 Å². The number of rotatable bonds is 3. The third-order valence-electron chi connectivity index (χ3n) is 3.75. The van der Waals surface area contributed by atoms with Crippen LogP contribution in [-0.2, 0) is 23.0 Å². The van der Waals surface area contributed by atoms with Gasteiger partial charge in [-0.15, -0.1) is 0 Å². The molecule has 1 aliphatic heterocycles. The van der Waals surface area contributed by atoms with Gasteiger partial charge in [0.25, 0.3) is 5.91 Å². The highest BCUT2D eigenvalue weighted by Gasteiger charge is 2.26. The highest BCUT2D eigenvalue weighted by Crippen LogP contribution is 2.23. The van der Waals surface area contributed by atoms with Gasteiger partial charge in [0.2, 0.25) is 10.0 Å². The summed E-state index contributed by atoms with van der Waals surface area (Å²) in [7, 11) is -3.33. The summed E-state index contributed by atoms with van der Waals surface area (Å²) in [5.41, 5.74) is 2.89. The van der Waals surface area contributed by atoms with E-state index < -0.39 is 10.0 Å². The molecule has 2 heterocycles. The minimum absolute atomic E-state index is 0.115. The van der Waals surface area contributed by atoms with Crippen LogP contribution in [0.2, 0.25) is 0 Å². The number of amides is 1. The van der Waals surface area contributed by atoms with E-state index in [0.29, 0.717) is 24.3 Å². The fraction of sp³-hybridized carbons (Fsp3) is 0.333. The topological polar surface area (TPSA) is 92.5 Å². The summed E-state index contributed by atoms with van der Waals surface area (Å²) in [4.78, 5) is 14.2. The van der Waals surface area contributed by atoms with E-state index in [1.807, 2.05) is 6.92 Å². The molecule has 1 aromatic heterocycles. The Morgan fingerprint density at radius 3 is 2.65 bits per heavy atom. The summed E-state index contributed by atoms with van der Waals surface area (Å²) in [5, 5.41) is 3.93. The molecular weight excluding hydrogens is 318 g/mol. The Balaban J connectivity index is 1.74. The van der Waals surface area contributed by atoms with Crippen molar-refractivity contribution >= 4 is 21.6 Å². The van der Waals surface area contributed by atoms with Crippen molar-refractivity contribution in [3.63, 3.8) is 0 Å². The molecule has 0 saturated heterocycles. The van der Waals surface area contributed by atoms with Gasteiger partial charge in [-0.1, -0.05) is 5.16 Å². The van der Waals surface area contributed by atoms with E-state index in [0.717, 1.165) is 29.7 Å². The van der Waals surface area contributed by atoms with Crippen molar-refractivity contribution in [2.24, 2.45) is 0 Å². The van der Waals surface area contributed by atoms with Crippen molar-refractivity contribution in [1.29, 1.82) is 0 Å². The van der Waals surface area contributed by atoms with E-state index in [1.54, 1.807) is 29.2 Å². The molecule has 122 valence electrons. The fourth-order valence-corrected chi connectivity index (χ4v) is 3.19. The van der Waals surface area contributed by atoms with Gasteiger partial charge in [0.05, 0.1) is 18.5 Å². The van der Waals surface area contributed by atoms with Crippen LogP contribution in [0.15, 0.2) is 28.8 Å². The minimum Gasteiger partial charge on any atom is -0.359 e. The predicted molar refractivity (Wildman–Crippen MR) is 84.6 cm³/mol. The van der Waals surface area contributed by atoms with E-state index in [-0.39, 0.29) is 5.91 Å². The highest BCUT2D eigenvalue weighted by molar-refractivity contribution is 7.92. The summed E-state index contributed by atoms with van der Waals surface area (Å²) in [6.45, 7) is 2.91. The van der Waals surface area contributed by atoms with Crippen LogP contribution in [-0.4, -0.2) is 37.2 Å². The first-order chi connectivity index (χ1) is 10.8. The Labute approximate surface area is 134 Å². The molecule has 0 fully saturated rings. The molecule has 1 N–H and O–H groups in total. The third kappa shape index (κ3) is 3.37. The van der Waals surface area contributed by atoms with Crippen LogP contribution in [0.1, 0.15) is 27.4 Å². The average Bonchev–Trinajstić information content (AvgIpc) is 2.87. The van der Waals surface area contributed by atoms with E-state index >= 15 is 0 Å². The lowest BCUT2D eigenvalue weighted by Gasteiger charge is -2.25. The molecule has 0 bridgehead atoms. The van der Waals surface area contributed by atoms with Crippen LogP contribution in [0.5, 0.6) is 0 Å². The van der Waals surface area contributed by atoms with Gasteiger partial charge in [0, 0.05) is 23.4 Å². The SMILES string of the molecule is Cc1noc2c1CCN(C(=O)c1ccc(NS(C)(=O)=O)cc1)C2. The summed E-state index contributed by atoms with van der Waals surface area (Å²) >= 11 is 0. The van der Waals surface area contributed by atoms with E-state index in [9.17, 15) is 13.2 Å². The number of nitrogens with one attached hydrogen (secondary N) is 1. The maximum absolute atomic E-state index is 12.5. The fourth-order valence-electron chi connectivity index (χ4n) is 2.63. The molecule has 3 rings (SSSR count). The molecular formula is C15H17N3O4S. The molecule has 0 saturated carbocycles. The first-order valence-corrected chi connectivity index (χ1v) is 9.04. The van der Waals surface area contributed by atoms with Gasteiger partial charge in [-0.3, -0.25) is 9.52 Å². The molecule has 0 unspecified atom stereocenters. The Morgan fingerprint density at radius 1 is 1.30 bits per heavy atom. The zero-order chi connectivity index (χ0) is 16.6. The second-order valence-corrected chi connectivity index (χ2v) is 7.35. The number of nitrogens with zero attached hydrogens (tertiary/aromatic N) is 2. The lowest BCUT2D eigenvalue weighted by molar-refractivity contribution is 0.0716. The van der Waals surface area contributed by atoms with Gasteiger partial charge >= 0.3 is 0 Å². The van der Waals surface area contributed by atoms with Gasteiger partial charge in [-0.2, -0.15) is 0 Å². The summed E-state index contributed by atoms with van der Waals surface area (Å²) in [5.74, 6) is 0.619. The number of benzene rings is 1. The Kier molecular flexibility index (Phi) is 3.85. The summed E-state index contributed by atoms with van der Waals surface area (Å²) in [6.07, 6.45) is 1.81. The number of anilines is 1. The number of aromatic nitrogens is 1. The molecule has 7 nitrogen and oxygen atoms in total. The van der Waals surface area contributed by atoms with Gasteiger partial charge in [0.15, 0.2) is 5.76 Å². The van der Waals surface area contributed by atoms with Gasteiger partial charge in [0.1, 0.15) is 0 Å². The molecule has 1 amide bonds. The van der Waals surface area contributed by atoms with E-state index in [2.05, 4.69) is 9.88 Å². The van der Waals surface area contributed by atoms with Gasteiger partial charge < -0.3 is 9.42 Å². The Hall–Kier alpha value is -2.35. The molecule has 23 heavy (non-hydrogen) atoms. The molecule has 2 aromatic rings. The second kappa shape index (κ2) is 5.69. The number of hydrogen-bond acceptors (Lipinski definition) is 5. The standard InChI is InChI=1S/C15H17N3O4S/c1-10-13-7-8-18(9-14(13)22-16-10)15(19)11-3-5-12(6-4-11)17-23(2,20)21/h3-6,17H,7-9H2,1-2H3. The van der Waals surface area contributed by atoms with Crippen LogP contribution >= 0.6 is 0 Å². The number of hydrogen-bond donors (Lipinski definition) is 1. The number of sulfonamides is 1. The first kappa shape index (κ1) is 15.5. The van der Waals surface area contributed by atoms with Gasteiger partial charge in [-0.05, 0) is 37.6 Å². The average molecular weight is 335 g/mol. The second-order valence-electron chi connectivity index (χ2n) is 5.60. The number of fused-ring (bicyclic) bond motifs is 1. The van der Waals surface area contributed by atoms with Crippen LogP contribution in [0.25, 0.3) is 0 Å². The normalized spacial score (nSPS) is 14.4. The lowest BCUT2D eigenvalue weighted by Crippen LogP contribution is -2.35. The van der Waals surface area contributed by atoms with Crippen molar-refractivity contribution < 1.29 is 17.7 Å². The van der Waals surface area contributed by atoms with Crippen molar-refractivity contribution in [1.82, 2.24) is 10.1 Å². The largest absolute Gasteiger partial charge is 0.359 e. The molecule has 8 heteroatoms. The van der Waals surface area contributed by atoms with E-state index in [4.69, 9.17) is 4.52 Å². The minimum atomic E-state index is -3.33. The Morgan fingerprint density at radius 2 is 2.00 bits per heavy atom. The molecule has 1 aromatic carbocycles. The zero-order valence-electron chi connectivity index (χ0n) is 12.9. The van der Waals surface area contributed by atoms with Crippen LogP contribution < -0.4 is 4.72 Å². The monoisotopic (exact) mass is 335 g/mol. The molecule has 1 aliphatic rings. The third-order valence-corrected chi connectivity index (χ3v) is 4.36. The maximum Gasteiger partial charge on any atom is 0.254 e. The number of aryl methyl sites for hydroxylation is 1. The number of carbonyl (C=O) groups is 1. The first-order valence-electron chi connectivity index (χ1n) is 7.14. The predicted octanol–water partition coefficient (Wildman–Crippen LogP) is 1.55. The number of carbonyl (C=O) groups excluding carboxylic acids is 1. The highest BCUT2D eigenvalue weighted by atomic mass is 32.2. The lowest BCUT2D eigenvalue weighted by atomic mass is 10.0. The van der Waals surface area contributed by atoms with E-state index in [1.165, 1.54) is 0 Å². The Bertz CT molecular complexity index is 840. The van der Waals surface area contributed by atoms with Gasteiger partial charge in [-0.25, -0.2) is 8.42 Å². The summed E-state index contributed by atoms with van der Waals surface area (Å²) in [6, 6.07) is 6.36. The van der Waals surface area contributed by atoms with Crippen molar-refractivity contribution in [3.8, 4) is 0 Å². The molecule has 0 aliphatic carbocycles. The van der Waals surface area contributed by atoms with Crippen LogP contribution in [0.3, 0.4) is 0 Å². The molecule has 0 radical (unpaired) electrons. The quantitative estimate of drug-likeness (QED) is 0.919. The zero-order valence-corrected chi connectivity index (χ0v) is 13.7. The maximum atomic E-state index is 12.5. The molecule has 0 atom stereocenters. The summed E-state index contributed by atoms with van der Waals surface area (Å²) < 4.78 is 30.0. The van der Waals surface area contributed by atoms with Crippen LogP contribution in [0.4, 0.5) is 5.69 Å². The molecule has 0 spiro atoms. The van der Waals surface area contributed by atoms with Crippen molar-refractivity contribution in [2.75, 3.05) is 17.5 Å².